The Morgan fingerprint density at radius 3 is 1.71 bits per heavy atom. The third kappa shape index (κ3) is 3.33. The summed E-state index contributed by atoms with van der Waals surface area (Å²) in [7, 11) is 0.946. The Bertz CT molecular complexity index is 726. The van der Waals surface area contributed by atoms with E-state index in [2.05, 4.69) is 6.07 Å². The van der Waals surface area contributed by atoms with E-state index in [1.54, 1.807) is 0 Å². The second kappa shape index (κ2) is 6.28. The van der Waals surface area contributed by atoms with Crippen LogP contribution in [0.3, 0.4) is 0 Å². The molecular weight excluding hydrogens is 276 g/mol. The van der Waals surface area contributed by atoms with Crippen LogP contribution in [0.4, 0.5) is 0 Å². The number of para-hydroxylation sites is 4. The topological polar surface area (TPSA) is 18.5 Å². The molecular formula is C18H16O2Si. The molecule has 0 aliphatic carbocycles. The third-order valence-electron chi connectivity index (χ3n) is 3.13. The van der Waals surface area contributed by atoms with Crippen LogP contribution >= 0.6 is 0 Å². The van der Waals surface area contributed by atoms with Crippen molar-refractivity contribution in [3.05, 3.63) is 78.9 Å². The van der Waals surface area contributed by atoms with Crippen LogP contribution in [0.1, 0.15) is 0 Å². The highest BCUT2D eigenvalue weighted by atomic mass is 28.1. The maximum Gasteiger partial charge on any atom is 0.169 e. The molecule has 0 aliphatic rings. The zero-order chi connectivity index (χ0) is 14.5. The van der Waals surface area contributed by atoms with Crippen molar-refractivity contribution in [2.24, 2.45) is 0 Å². The number of benzene rings is 3. The Kier molecular flexibility index (Phi) is 4.03. The van der Waals surface area contributed by atoms with Gasteiger partial charge < -0.3 is 9.47 Å². The number of hydrogen-bond donors (Lipinski definition) is 0. The van der Waals surface area contributed by atoms with E-state index in [0.29, 0.717) is 5.75 Å². The van der Waals surface area contributed by atoms with Gasteiger partial charge in [-0.15, -0.1) is 0 Å². The normalized spacial score (nSPS) is 10.3. The van der Waals surface area contributed by atoms with E-state index >= 15 is 0 Å². The fourth-order valence-electron chi connectivity index (χ4n) is 2.02. The predicted molar refractivity (Wildman–Crippen MR) is 89.0 cm³/mol. The van der Waals surface area contributed by atoms with Crippen LogP contribution in [0.15, 0.2) is 78.9 Å². The van der Waals surface area contributed by atoms with Gasteiger partial charge in [0.25, 0.3) is 0 Å². The lowest BCUT2D eigenvalue weighted by atomic mass is 10.3. The average Bonchev–Trinajstić information content (AvgIpc) is 2.52. The highest BCUT2D eigenvalue weighted by Gasteiger charge is 2.07. The van der Waals surface area contributed by atoms with Crippen molar-refractivity contribution in [1.82, 2.24) is 0 Å². The Morgan fingerprint density at radius 1 is 0.524 bits per heavy atom. The molecule has 0 fully saturated rings. The van der Waals surface area contributed by atoms with Gasteiger partial charge in [-0.3, -0.25) is 0 Å². The molecule has 21 heavy (non-hydrogen) atoms. The Morgan fingerprint density at radius 2 is 1.05 bits per heavy atom. The molecule has 0 atom stereocenters. The van der Waals surface area contributed by atoms with E-state index in [-0.39, 0.29) is 0 Å². The van der Waals surface area contributed by atoms with Gasteiger partial charge in [0.2, 0.25) is 0 Å². The van der Waals surface area contributed by atoms with Crippen molar-refractivity contribution in [2.75, 3.05) is 0 Å². The van der Waals surface area contributed by atoms with Gasteiger partial charge in [-0.1, -0.05) is 48.5 Å². The maximum absolute atomic E-state index is 6.02. The van der Waals surface area contributed by atoms with Crippen molar-refractivity contribution in [1.29, 1.82) is 0 Å². The lowest BCUT2D eigenvalue weighted by molar-refractivity contribution is 0.420. The van der Waals surface area contributed by atoms with Gasteiger partial charge in [-0.2, -0.15) is 0 Å². The summed E-state index contributed by atoms with van der Waals surface area (Å²) in [6.07, 6.45) is 0. The molecule has 0 aliphatic heterocycles. The molecule has 0 radical (unpaired) electrons. The van der Waals surface area contributed by atoms with Crippen molar-refractivity contribution < 1.29 is 9.47 Å². The summed E-state index contributed by atoms with van der Waals surface area (Å²) < 4.78 is 11.9. The molecule has 3 aromatic carbocycles. The molecule has 0 heterocycles. The third-order valence-corrected chi connectivity index (χ3v) is 3.96. The molecule has 0 spiro atoms. The molecule has 3 aromatic rings. The largest absolute Gasteiger partial charge is 0.454 e. The molecule has 2 nitrogen and oxygen atoms in total. The monoisotopic (exact) mass is 292 g/mol. The summed E-state index contributed by atoms with van der Waals surface area (Å²) in [5.41, 5.74) is 0. The quantitative estimate of drug-likeness (QED) is 0.687. The number of ether oxygens (including phenoxy) is 2. The summed E-state index contributed by atoms with van der Waals surface area (Å²) in [6.45, 7) is 0. The Balaban J connectivity index is 1.88. The molecule has 0 bridgehead atoms. The van der Waals surface area contributed by atoms with Crippen LogP contribution in [-0.2, 0) is 0 Å². The van der Waals surface area contributed by atoms with Gasteiger partial charge in [-0.25, -0.2) is 0 Å². The molecule has 0 unspecified atom stereocenters. The lowest BCUT2D eigenvalue weighted by Gasteiger charge is -2.13. The van der Waals surface area contributed by atoms with E-state index < -0.39 is 0 Å². The molecule has 0 N–H and O–H groups in total. The van der Waals surface area contributed by atoms with Crippen LogP contribution < -0.4 is 14.7 Å². The van der Waals surface area contributed by atoms with E-state index in [1.165, 1.54) is 5.19 Å². The summed E-state index contributed by atoms with van der Waals surface area (Å²) in [6, 6.07) is 25.5. The van der Waals surface area contributed by atoms with E-state index in [0.717, 1.165) is 27.5 Å². The second-order valence-corrected chi connectivity index (χ2v) is 5.81. The lowest BCUT2D eigenvalue weighted by Crippen LogP contribution is -2.05. The van der Waals surface area contributed by atoms with Crippen LogP contribution in [-0.4, -0.2) is 10.2 Å². The number of rotatable bonds is 4. The van der Waals surface area contributed by atoms with Gasteiger partial charge in [0.1, 0.15) is 11.5 Å². The predicted octanol–water partition coefficient (Wildman–Crippen LogP) is 3.26. The SMILES string of the molecule is [SiH3]c1ccccc1Oc1ccccc1Oc1ccccc1. The van der Waals surface area contributed by atoms with Crippen LogP contribution in [0.2, 0.25) is 0 Å². The molecule has 0 saturated heterocycles. The molecule has 3 rings (SSSR count). The van der Waals surface area contributed by atoms with Gasteiger partial charge in [0.05, 0.1) is 0 Å². The minimum atomic E-state index is 0.716. The minimum Gasteiger partial charge on any atom is -0.454 e. The van der Waals surface area contributed by atoms with Gasteiger partial charge in [-0.05, 0) is 35.5 Å². The standard InChI is InChI=1S/C18H16O2Si/c21-18-13-7-6-12-17(18)20-16-11-5-4-10-15(16)19-14-8-2-1-3-9-14/h1-13H,21H3. The first-order chi connectivity index (χ1) is 10.3. The molecule has 0 amide bonds. The maximum atomic E-state index is 6.02. The highest BCUT2D eigenvalue weighted by molar-refractivity contribution is 6.34. The fourth-order valence-corrected chi connectivity index (χ4v) is 2.48. The molecule has 0 saturated carbocycles. The van der Waals surface area contributed by atoms with Crippen molar-refractivity contribution >= 4 is 15.4 Å². The number of hydrogen-bond acceptors (Lipinski definition) is 2. The molecule has 3 heteroatoms. The van der Waals surface area contributed by atoms with Gasteiger partial charge >= 0.3 is 0 Å². The van der Waals surface area contributed by atoms with Gasteiger partial charge in [0, 0.05) is 10.2 Å². The summed E-state index contributed by atoms with van der Waals surface area (Å²) in [5.74, 6) is 3.14. The highest BCUT2D eigenvalue weighted by Crippen LogP contribution is 2.33. The smallest absolute Gasteiger partial charge is 0.169 e. The summed E-state index contributed by atoms with van der Waals surface area (Å²) >= 11 is 0. The summed E-state index contributed by atoms with van der Waals surface area (Å²) in [4.78, 5) is 0. The van der Waals surface area contributed by atoms with Crippen LogP contribution in [0.5, 0.6) is 23.0 Å². The first-order valence-corrected chi connectivity index (χ1v) is 7.88. The van der Waals surface area contributed by atoms with Crippen LogP contribution in [0, 0.1) is 0 Å². The van der Waals surface area contributed by atoms with E-state index in [1.807, 2.05) is 72.8 Å². The van der Waals surface area contributed by atoms with Crippen molar-refractivity contribution in [2.45, 2.75) is 0 Å². The molecule has 104 valence electrons. The molecule has 0 aromatic heterocycles. The summed E-state index contributed by atoms with van der Waals surface area (Å²) in [5, 5.41) is 1.23. The Hall–Kier alpha value is -2.52. The average molecular weight is 292 g/mol. The van der Waals surface area contributed by atoms with E-state index in [4.69, 9.17) is 9.47 Å². The minimum absolute atomic E-state index is 0.716. The van der Waals surface area contributed by atoms with Crippen molar-refractivity contribution in [3.63, 3.8) is 0 Å². The van der Waals surface area contributed by atoms with Gasteiger partial charge in [0.15, 0.2) is 11.5 Å². The first-order valence-electron chi connectivity index (χ1n) is 6.88. The van der Waals surface area contributed by atoms with Crippen LogP contribution in [0.25, 0.3) is 0 Å². The van der Waals surface area contributed by atoms with E-state index in [9.17, 15) is 0 Å². The first kappa shape index (κ1) is 13.5. The Labute approximate surface area is 127 Å². The zero-order valence-corrected chi connectivity index (χ0v) is 13.8. The second-order valence-electron chi connectivity index (χ2n) is 4.73. The zero-order valence-electron chi connectivity index (χ0n) is 11.8. The fraction of sp³-hybridized carbons (Fsp3) is 0. The van der Waals surface area contributed by atoms with Crippen molar-refractivity contribution in [3.8, 4) is 23.0 Å².